The second kappa shape index (κ2) is 6.51. The molecule has 0 spiro atoms. The first-order valence-electron chi connectivity index (χ1n) is 8.83. The van der Waals surface area contributed by atoms with Crippen LogP contribution in [-0.4, -0.2) is 36.4 Å². The molecular weight excluding hydrogens is 354 g/mol. The van der Waals surface area contributed by atoms with Crippen molar-refractivity contribution < 1.29 is 17.7 Å². The molecule has 1 aliphatic carbocycles. The standard InChI is InChI=1S/C18H21N3O4S/c1-12-7-9-13(10-8-12)26(23,24)21-11-3-6-16(21)17(22)19-18-14-4-2-5-15(14)20-25-18/h7-10,16H,2-6,11H2,1H3,(H,19,22). The van der Waals surface area contributed by atoms with E-state index in [2.05, 4.69) is 10.5 Å². The molecule has 1 atom stereocenters. The van der Waals surface area contributed by atoms with Gasteiger partial charge < -0.3 is 4.52 Å². The molecule has 1 aromatic carbocycles. The van der Waals surface area contributed by atoms with Crippen molar-refractivity contribution in [2.75, 3.05) is 11.9 Å². The zero-order valence-corrected chi connectivity index (χ0v) is 15.4. The third kappa shape index (κ3) is 2.93. The molecule has 8 heteroatoms. The van der Waals surface area contributed by atoms with Gasteiger partial charge in [-0.25, -0.2) is 8.42 Å². The van der Waals surface area contributed by atoms with E-state index in [-0.39, 0.29) is 10.8 Å². The number of hydrogen-bond donors (Lipinski definition) is 1. The number of amides is 1. The maximum Gasteiger partial charge on any atom is 0.245 e. The molecular formula is C18H21N3O4S. The van der Waals surface area contributed by atoms with Crippen LogP contribution in [0.1, 0.15) is 36.1 Å². The number of sulfonamides is 1. The summed E-state index contributed by atoms with van der Waals surface area (Å²) in [7, 11) is -3.71. The van der Waals surface area contributed by atoms with Crippen LogP contribution in [0.5, 0.6) is 0 Å². The average Bonchev–Trinajstić information content (AvgIpc) is 3.33. The summed E-state index contributed by atoms with van der Waals surface area (Å²) in [5, 5.41) is 6.73. The molecule has 0 saturated carbocycles. The van der Waals surface area contributed by atoms with Crippen molar-refractivity contribution in [2.24, 2.45) is 0 Å². The van der Waals surface area contributed by atoms with Gasteiger partial charge in [-0.05, 0) is 51.2 Å². The number of carbonyl (C=O) groups excluding carboxylic acids is 1. The van der Waals surface area contributed by atoms with Crippen LogP contribution < -0.4 is 5.32 Å². The maximum atomic E-state index is 13.0. The number of nitrogens with zero attached hydrogens (tertiary/aromatic N) is 2. The molecule has 1 fully saturated rings. The topological polar surface area (TPSA) is 92.5 Å². The summed E-state index contributed by atoms with van der Waals surface area (Å²) in [4.78, 5) is 13.0. The Morgan fingerprint density at radius 1 is 1.23 bits per heavy atom. The van der Waals surface area contributed by atoms with Crippen LogP contribution in [0.25, 0.3) is 0 Å². The van der Waals surface area contributed by atoms with Gasteiger partial charge >= 0.3 is 0 Å². The number of fused-ring (bicyclic) bond motifs is 1. The molecule has 1 aliphatic heterocycles. The third-order valence-electron chi connectivity index (χ3n) is 5.08. The van der Waals surface area contributed by atoms with Crippen LogP contribution in [0.2, 0.25) is 0 Å². The van der Waals surface area contributed by atoms with Gasteiger partial charge in [0.05, 0.1) is 10.6 Å². The Morgan fingerprint density at radius 2 is 2.00 bits per heavy atom. The Kier molecular flexibility index (Phi) is 4.32. The highest BCUT2D eigenvalue weighted by Gasteiger charge is 2.40. The van der Waals surface area contributed by atoms with Gasteiger partial charge in [-0.3, -0.25) is 10.1 Å². The number of nitrogens with one attached hydrogen (secondary N) is 1. The highest BCUT2D eigenvalue weighted by Crippen LogP contribution is 2.31. The van der Waals surface area contributed by atoms with Crippen LogP contribution in [0.15, 0.2) is 33.7 Å². The first kappa shape index (κ1) is 17.2. The van der Waals surface area contributed by atoms with E-state index in [0.29, 0.717) is 25.3 Å². The van der Waals surface area contributed by atoms with Crippen molar-refractivity contribution in [3.63, 3.8) is 0 Å². The number of carbonyl (C=O) groups is 1. The van der Waals surface area contributed by atoms with Crippen LogP contribution in [-0.2, 0) is 27.7 Å². The zero-order chi connectivity index (χ0) is 18.3. The van der Waals surface area contributed by atoms with Gasteiger partial charge in [-0.15, -0.1) is 0 Å². The molecule has 4 rings (SSSR count). The molecule has 1 saturated heterocycles. The molecule has 1 amide bonds. The van der Waals surface area contributed by atoms with E-state index in [1.165, 1.54) is 4.31 Å². The van der Waals surface area contributed by atoms with Crippen LogP contribution in [0, 0.1) is 6.92 Å². The Hall–Kier alpha value is -2.19. The van der Waals surface area contributed by atoms with Gasteiger partial charge in [0.15, 0.2) is 0 Å². The molecule has 1 aromatic heterocycles. The van der Waals surface area contributed by atoms with Crippen molar-refractivity contribution in [1.29, 1.82) is 0 Å². The van der Waals surface area contributed by atoms with E-state index in [4.69, 9.17) is 4.52 Å². The van der Waals surface area contributed by atoms with Crippen LogP contribution in [0.4, 0.5) is 5.88 Å². The highest BCUT2D eigenvalue weighted by atomic mass is 32.2. The normalized spacial score (nSPS) is 20.3. The number of anilines is 1. The molecule has 0 bridgehead atoms. The minimum atomic E-state index is -3.71. The number of rotatable bonds is 4. The molecule has 138 valence electrons. The fraction of sp³-hybridized carbons (Fsp3) is 0.444. The third-order valence-corrected chi connectivity index (χ3v) is 7.00. The molecule has 1 unspecified atom stereocenters. The quantitative estimate of drug-likeness (QED) is 0.885. The Balaban J connectivity index is 1.56. The lowest BCUT2D eigenvalue weighted by Gasteiger charge is -2.23. The van der Waals surface area contributed by atoms with Gasteiger partial charge in [0.2, 0.25) is 21.8 Å². The predicted octanol–water partition coefficient (Wildman–Crippen LogP) is 2.26. The number of hydrogen-bond acceptors (Lipinski definition) is 5. The monoisotopic (exact) mass is 375 g/mol. The molecule has 2 aliphatic rings. The largest absolute Gasteiger partial charge is 0.338 e. The summed E-state index contributed by atoms with van der Waals surface area (Å²) in [5.74, 6) is 0.00567. The van der Waals surface area contributed by atoms with Crippen molar-refractivity contribution in [3.05, 3.63) is 41.1 Å². The highest BCUT2D eigenvalue weighted by molar-refractivity contribution is 7.89. The van der Waals surface area contributed by atoms with Gasteiger partial charge in [-0.2, -0.15) is 4.31 Å². The minimum Gasteiger partial charge on any atom is -0.338 e. The lowest BCUT2D eigenvalue weighted by molar-refractivity contribution is -0.119. The van der Waals surface area contributed by atoms with Crippen molar-refractivity contribution in [1.82, 2.24) is 9.46 Å². The molecule has 2 aromatic rings. The summed E-state index contributed by atoms with van der Waals surface area (Å²) < 4.78 is 32.5. The summed E-state index contributed by atoms with van der Waals surface area (Å²) in [6, 6.07) is 5.96. The summed E-state index contributed by atoms with van der Waals surface area (Å²) in [5.41, 5.74) is 2.80. The summed E-state index contributed by atoms with van der Waals surface area (Å²) >= 11 is 0. The van der Waals surface area contributed by atoms with Gasteiger partial charge in [0.1, 0.15) is 6.04 Å². The zero-order valence-electron chi connectivity index (χ0n) is 14.6. The lowest BCUT2D eigenvalue weighted by Crippen LogP contribution is -2.43. The van der Waals surface area contributed by atoms with Gasteiger partial charge in [-0.1, -0.05) is 22.9 Å². The second-order valence-electron chi connectivity index (χ2n) is 6.87. The van der Waals surface area contributed by atoms with E-state index < -0.39 is 16.1 Å². The van der Waals surface area contributed by atoms with Crippen LogP contribution >= 0.6 is 0 Å². The van der Waals surface area contributed by atoms with Gasteiger partial charge in [0, 0.05) is 12.1 Å². The number of aromatic nitrogens is 1. The van der Waals surface area contributed by atoms with E-state index in [1.54, 1.807) is 24.3 Å². The Morgan fingerprint density at radius 3 is 2.77 bits per heavy atom. The molecule has 0 radical (unpaired) electrons. The Labute approximate surface area is 152 Å². The van der Waals surface area contributed by atoms with E-state index >= 15 is 0 Å². The van der Waals surface area contributed by atoms with E-state index in [1.807, 2.05) is 6.92 Å². The first-order chi connectivity index (χ1) is 12.5. The van der Waals surface area contributed by atoms with Gasteiger partial charge in [0.25, 0.3) is 0 Å². The smallest absolute Gasteiger partial charge is 0.245 e. The first-order valence-corrected chi connectivity index (χ1v) is 10.3. The summed E-state index contributed by atoms with van der Waals surface area (Å²) in [6.45, 7) is 2.24. The van der Waals surface area contributed by atoms with Crippen LogP contribution in [0.3, 0.4) is 0 Å². The molecule has 26 heavy (non-hydrogen) atoms. The maximum absolute atomic E-state index is 13.0. The predicted molar refractivity (Wildman–Crippen MR) is 95.3 cm³/mol. The fourth-order valence-electron chi connectivity index (χ4n) is 3.66. The number of benzene rings is 1. The SMILES string of the molecule is Cc1ccc(S(=O)(=O)N2CCCC2C(=O)Nc2onc3c2CCC3)cc1. The Bertz CT molecular complexity index is 934. The molecule has 2 heterocycles. The fourth-order valence-corrected chi connectivity index (χ4v) is 5.31. The molecule has 1 N–H and O–H groups in total. The van der Waals surface area contributed by atoms with E-state index in [9.17, 15) is 13.2 Å². The number of aryl methyl sites for hydroxylation is 2. The van der Waals surface area contributed by atoms with E-state index in [0.717, 1.165) is 36.1 Å². The lowest BCUT2D eigenvalue weighted by atomic mass is 10.2. The average molecular weight is 375 g/mol. The summed E-state index contributed by atoms with van der Waals surface area (Å²) in [6.07, 6.45) is 3.82. The van der Waals surface area contributed by atoms with Crippen molar-refractivity contribution in [2.45, 2.75) is 50.0 Å². The minimum absolute atomic E-state index is 0.211. The van der Waals surface area contributed by atoms with Crippen molar-refractivity contribution >= 4 is 21.8 Å². The molecule has 7 nitrogen and oxygen atoms in total. The second-order valence-corrected chi connectivity index (χ2v) is 8.76. The van der Waals surface area contributed by atoms with Crippen molar-refractivity contribution in [3.8, 4) is 0 Å².